The zero-order valence-corrected chi connectivity index (χ0v) is 29.5. The number of ether oxygens (including phenoxy) is 1. The summed E-state index contributed by atoms with van der Waals surface area (Å²) in [5.74, 6) is -0.102. The van der Waals surface area contributed by atoms with Gasteiger partial charge in [0, 0.05) is 19.0 Å². The van der Waals surface area contributed by atoms with Crippen molar-refractivity contribution in [2.75, 3.05) is 18.0 Å². The summed E-state index contributed by atoms with van der Waals surface area (Å²) in [5.41, 5.74) is 3.81. The van der Waals surface area contributed by atoms with Crippen LogP contribution < -0.4 is 14.4 Å². The lowest BCUT2D eigenvalue weighted by Crippen LogP contribution is -2.55. The van der Waals surface area contributed by atoms with Crippen LogP contribution in [0.25, 0.3) is 0 Å². The Bertz CT molecular complexity index is 1810. The molecule has 0 heterocycles. The van der Waals surface area contributed by atoms with E-state index in [1.807, 2.05) is 80.6 Å². The van der Waals surface area contributed by atoms with Crippen molar-refractivity contribution in [1.29, 1.82) is 0 Å². The number of carbonyl (C=O) groups is 2. The maximum absolute atomic E-state index is 14.9. The van der Waals surface area contributed by atoms with E-state index in [1.54, 1.807) is 48.4 Å². The first-order chi connectivity index (χ1) is 23.7. The van der Waals surface area contributed by atoms with Gasteiger partial charge < -0.3 is 15.0 Å². The van der Waals surface area contributed by atoms with Gasteiger partial charge in [-0.15, -0.1) is 0 Å². The van der Waals surface area contributed by atoms with Crippen LogP contribution in [0, 0.1) is 6.92 Å². The topological polar surface area (TPSA) is 96.0 Å². The van der Waals surface area contributed by atoms with Gasteiger partial charge in [-0.1, -0.05) is 105 Å². The molecule has 0 spiro atoms. The molecule has 0 bridgehead atoms. The number of nitrogens with zero attached hydrogens (tertiary/aromatic N) is 2. The van der Waals surface area contributed by atoms with Crippen LogP contribution in [0.1, 0.15) is 61.3 Å². The minimum absolute atomic E-state index is 0.0307. The molecule has 1 atom stereocenters. The van der Waals surface area contributed by atoms with Crippen LogP contribution in [0.3, 0.4) is 0 Å². The first-order valence-corrected chi connectivity index (χ1v) is 18.6. The molecule has 1 fully saturated rings. The van der Waals surface area contributed by atoms with Crippen LogP contribution in [-0.2, 0) is 39.0 Å². The fraction of sp³-hybridized carbons (Fsp3) is 0.350. The van der Waals surface area contributed by atoms with Crippen molar-refractivity contribution >= 4 is 27.5 Å². The first-order valence-electron chi connectivity index (χ1n) is 17.1. The summed E-state index contributed by atoms with van der Waals surface area (Å²) >= 11 is 0. The molecule has 49 heavy (non-hydrogen) atoms. The van der Waals surface area contributed by atoms with Gasteiger partial charge in [0.05, 0.1) is 17.7 Å². The quantitative estimate of drug-likeness (QED) is 0.157. The summed E-state index contributed by atoms with van der Waals surface area (Å²) < 4.78 is 35.5. The van der Waals surface area contributed by atoms with Gasteiger partial charge in [-0.2, -0.15) is 0 Å². The Morgan fingerprint density at radius 2 is 1.53 bits per heavy atom. The third-order valence-corrected chi connectivity index (χ3v) is 11.0. The molecule has 1 N–H and O–H groups in total. The van der Waals surface area contributed by atoms with Crippen LogP contribution in [0.5, 0.6) is 5.75 Å². The molecule has 2 amide bonds. The molecule has 4 aromatic rings. The molecule has 5 rings (SSSR count). The number of aryl methyl sites for hydroxylation is 2. The van der Waals surface area contributed by atoms with Crippen molar-refractivity contribution in [3.8, 4) is 5.75 Å². The number of nitrogens with one attached hydrogen (secondary N) is 1. The average molecular weight is 682 g/mol. The van der Waals surface area contributed by atoms with Gasteiger partial charge in [0.25, 0.3) is 10.0 Å². The van der Waals surface area contributed by atoms with Gasteiger partial charge in [0.2, 0.25) is 11.8 Å². The van der Waals surface area contributed by atoms with E-state index in [-0.39, 0.29) is 29.8 Å². The zero-order chi connectivity index (χ0) is 34.8. The molecular formula is C40H47N3O5S. The fourth-order valence-corrected chi connectivity index (χ4v) is 7.92. The highest BCUT2D eigenvalue weighted by Gasteiger charge is 2.36. The molecular weight excluding hydrogens is 635 g/mol. The number of amides is 2. The van der Waals surface area contributed by atoms with E-state index < -0.39 is 28.5 Å². The van der Waals surface area contributed by atoms with E-state index in [0.29, 0.717) is 17.9 Å². The molecule has 9 heteroatoms. The maximum atomic E-state index is 14.9. The molecule has 0 unspecified atom stereocenters. The Kier molecular flexibility index (Phi) is 12.1. The number of sulfonamides is 1. The van der Waals surface area contributed by atoms with Crippen LogP contribution in [0.15, 0.2) is 108 Å². The second-order valence-corrected chi connectivity index (χ2v) is 14.6. The molecule has 4 aromatic carbocycles. The monoisotopic (exact) mass is 681 g/mol. The first kappa shape index (κ1) is 35.7. The lowest BCUT2D eigenvalue weighted by atomic mass is 9.94. The Labute approximate surface area is 291 Å². The number of para-hydroxylation sites is 1. The van der Waals surface area contributed by atoms with Gasteiger partial charge in [-0.05, 0) is 73.2 Å². The van der Waals surface area contributed by atoms with Crippen molar-refractivity contribution in [2.45, 2.75) is 82.3 Å². The van der Waals surface area contributed by atoms with E-state index >= 15 is 0 Å². The summed E-state index contributed by atoms with van der Waals surface area (Å²) in [5, 5.41) is 3.26. The highest BCUT2D eigenvalue weighted by molar-refractivity contribution is 7.92. The van der Waals surface area contributed by atoms with Crippen molar-refractivity contribution in [3.63, 3.8) is 0 Å². The normalized spacial score (nSPS) is 14.1. The third-order valence-electron chi connectivity index (χ3n) is 9.24. The fourth-order valence-electron chi connectivity index (χ4n) is 6.47. The Hall–Kier alpha value is -4.63. The van der Waals surface area contributed by atoms with E-state index in [1.165, 1.54) is 4.31 Å². The van der Waals surface area contributed by atoms with Crippen LogP contribution in [0.4, 0.5) is 5.69 Å². The van der Waals surface area contributed by atoms with E-state index in [2.05, 4.69) is 5.32 Å². The van der Waals surface area contributed by atoms with Crippen LogP contribution >= 0.6 is 0 Å². The van der Waals surface area contributed by atoms with Crippen LogP contribution in [0.2, 0.25) is 0 Å². The number of methoxy groups -OCH3 is 1. The molecule has 258 valence electrons. The summed E-state index contributed by atoms with van der Waals surface area (Å²) in [6, 6.07) is 30.1. The van der Waals surface area contributed by atoms with Crippen molar-refractivity contribution in [1.82, 2.24) is 10.2 Å². The second-order valence-electron chi connectivity index (χ2n) is 12.7. The minimum Gasteiger partial charge on any atom is -0.497 e. The van der Waals surface area contributed by atoms with Crippen molar-refractivity contribution in [3.05, 3.63) is 125 Å². The summed E-state index contributed by atoms with van der Waals surface area (Å²) in [4.78, 5) is 30.8. The van der Waals surface area contributed by atoms with Crippen LogP contribution in [-0.4, -0.2) is 50.9 Å². The highest BCUT2D eigenvalue weighted by atomic mass is 32.2. The van der Waals surface area contributed by atoms with Gasteiger partial charge in [0.15, 0.2) is 0 Å². The van der Waals surface area contributed by atoms with Gasteiger partial charge in [-0.25, -0.2) is 8.42 Å². The zero-order valence-electron chi connectivity index (χ0n) is 28.7. The summed E-state index contributed by atoms with van der Waals surface area (Å²) in [6.07, 6.45) is 5.86. The average Bonchev–Trinajstić information content (AvgIpc) is 3.13. The molecule has 1 saturated carbocycles. The molecule has 8 nitrogen and oxygen atoms in total. The number of rotatable bonds is 14. The Morgan fingerprint density at radius 1 is 0.857 bits per heavy atom. The van der Waals surface area contributed by atoms with Gasteiger partial charge in [0.1, 0.15) is 18.3 Å². The largest absolute Gasteiger partial charge is 0.497 e. The third kappa shape index (κ3) is 9.09. The van der Waals surface area contributed by atoms with Gasteiger partial charge in [-0.3, -0.25) is 13.9 Å². The lowest BCUT2D eigenvalue weighted by molar-refractivity contribution is -0.140. The van der Waals surface area contributed by atoms with E-state index in [9.17, 15) is 18.0 Å². The molecule has 1 aliphatic rings. The molecule has 0 aliphatic heterocycles. The summed E-state index contributed by atoms with van der Waals surface area (Å²) in [7, 11) is -2.60. The SMILES string of the molecule is CCc1ccccc1N(CC(=O)N(Cc1cccc(OC)c1)[C@H](Cc1ccccc1)C(=O)NC1CCCCC1)S(=O)(=O)c1ccc(C)cc1. The maximum Gasteiger partial charge on any atom is 0.264 e. The molecule has 0 saturated heterocycles. The Balaban J connectivity index is 1.59. The lowest BCUT2D eigenvalue weighted by Gasteiger charge is -2.35. The molecule has 1 aliphatic carbocycles. The number of anilines is 1. The number of carbonyl (C=O) groups excluding carboxylic acids is 2. The standard InChI is InChI=1S/C40H47N3O5S/c1-4-33-17-11-12-21-37(33)43(49(46,47)36-24-22-30(2)23-25-36)29-39(44)42(28-32-16-13-20-35(26-32)48-3)38(27-31-14-7-5-8-15-31)40(45)41-34-18-9-6-10-19-34/h5,7-8,11-17,20-26,34,38H,4,6,9-10,18-19,27-29H2,1-3H3,(H,41,45)/t38-/m1/s1. The number of benzene rings is 4. The van der Waals surface area contributed by atoms with E-state index in [0.717, 1.165) is 54.4 Å². The second kappa shape index (κ2) is 16.7. The van der Waals surface area contributed by atoms with Gasteiger partial charge >= 0.3 is 0 Å². The Morgan fingerprint density at radius 3 is 2.22 bits per heavy atom. The number of hydrogen-bond acceptors (Lipinski definition) is 5. The molecule has 0 aromatic heterocycles. The highest BCUT2D eigenvalue weighted by Crippen LogP contribution is 2.29. The smallest absolute Gasteiger partial charge is 0.264 e. The minimum atomic E-state index is -4.18. The molecule has 0 radical (unpaired) electrons. The van der Waals surface area contributed by atoms with E-state index in [4.69, 9.17) is 4.74 Å². The predicted octanol–water partition coefficient (Wildman–Crippen LogP) is 6.85. The van der Waals surface area contributed by atoms with Crippen molar-refractivity contribution < 1.29 is 22.7 Å². The van der Waals surface area contributed by atoms with Crippen molar-refractivity contribution in [2.24, 2.45) is 0 Å². The predicted molar refractivity (Wildman–Crippen MR) is 194 cm³/mol. The summed E-state index contributed by atoms with van der Waals surface area (Å²) in [6.45, 7) is 3.45. The number of hydrogen-bond donors (Lipinski definition) is 1.